The lowest BCUT2D eigenvalue weighted by molar-refractivity contribution is -0.385. The summed E-state index contributed by atoms with van der Waals surface area (Å²) in [5, 5.41) is 11.8. The Balaban J connectivity index is 1.83. The van der Waals surface area contributed by atoms with Crippen LogP contribution in [0.25, 0.3) is 0 Å². The van der Waals surface area contributed by atoms with E-state index in [0.29, 0.717) is 23.0 Å². The molecular formula is C19H22ClN3O6S. The molecule has 1 saturated heterocycles. The van der Waals surface area contributed by atoms with Gasteiger partial charge in [-0.15, -0.1) is 0 Å². The molecule has 0 saturated carbocycles. The number of nitrogens with zero attached hydrogens (tertiary/aromatic N) is 3. The Morgan fingerprint density at radius 2 is 1.97 bits per heavy atom. The second-order valence-corrected chi connectivity index (χ2v) is 9.00. The van der Waals surface area contributed by atoms with E-state index < -0.39 is 14.9 Å². The Morgan fingerprint density at radius 1 is 1.23 bits per heavy atom. The van der Waals surface area contributed by atoms with E-state index in [9.17, 15) is 18.5 Å². The van der Waals surface area contributed by atoms with Crippen molar-refractivity contribution in [2.24, 2.45) is 0 Å². The number of non-ortho nitro benzene ring substituents is 1. The highest BCUT2D eigenvalue weighted by Crippen LogP contribution is 2.31. The summed E-state index contributed by atoms with van der Waals surface area (Å²) in [6.07, 6.45) is 0. The second kappa shape index (κ2) is 9.61. The summed E-state index contributed by atoms with van der Waals surface area (Å²) >= 11 is 5.94. The number of hydrogen-bond donors (Lipinski definition) is 0. The van der Waals surface area contributed by atoms with Crippen molar-refractivity contribution < 1.29 is 22.8 Å². The molecule has 1 heterocycles. The van der Waals surface area contributed by atoms with E-state index in [-0.39, 0.29) is 43.5 Å². The quantitative estimate of drug-likeness (QED) is 0.445. The third-order valence-electron chi connectivity index (χ3n) is 4.64. The maximum Gasteiger partial charge on any atom is 0.270 e. The zero-order valence-corrected chi connectivity index (χ0v) is 17.9. The molecule has 2 aromatic carbocycles. The molecule has 0 atom stereocenters. The van der Waals surface area contributed by atoms with E-state index in [1.807, 2.05) is 0 Å². The first-order valence-electron chi connectivity index (χ1n) is 9.25. The monoisotopic (exact) mass is 455 g/mol. The smallest absolute Gasteiger partial charge is 0.270 e. The van der Waals surface area contributed by atoms with Gasteiger partial charge in [0.25, 0.3) is 5.69 Å². The van der Waals surface area contributed by atoms with Gasteiger partial charge in [0.15, 0.2) is 0 Å². The zero-order chi connectivity index (χ0) is 21.7. The maximum absolute atomic E-state index is 13.2. The van der Waals surface area contributed by atoms with Gasteiger partial charge in [-0.1, -0.05) is 17.7 Å². The standard InChI is InChI=1S/C19H22ClN3O6S/c1-21(7-12-29-17-4-2-3-15(20)13-17)18-6-5-16(23(24)25)14-19(18)30(26,27)22-8-10-28-11-9-22/h2-6,13-14H,7-12H2,1H3. The average molecular weight is 456 g/mol. The summed E-state index contributed by atoms with van der Waals surface area (Å²) in [7, 11) is -2.22. The van der Waals surface area contributed by atoms with Crippen LogP contribution in [0.15, 0.2) is 47.4 Å². The maximum atomic E-state index is 13.2. The lowest BCUT2D eigenvalue weighted by Crippen LogP contribution is -2.41. The molecule has 11 heteroatoms. The van der Waals surface area contributed by atoms with Crippen molar-refractivity contribution in [2.45, 2.75) is 4.90 Å². The van der Waals surface area contributed by atoms with Gasteiger partial charge in [-0.25, -0.2) is 8.42 Å². The van der Waals surface area contributed by atoms with Crippen LogP contribution in [0.5, 0.6) is 5.75 Å². The zero-order valence-electron chi connectivity index (χ0n) is 16.4. The molecule has 1 aliphatic heterocycles. The van der Waals surface area contributed by atoms with Crippen LogP contribution >= 0.6 is 11.6 Å². The fourth-order valence-corrected chi connectivity index (χ4v) is 4.89. The van der Waals surface area contributed by atoms with Gasteiger partial charge in [0.05, 0.1) is 30.4 Å². The number of rotatable bonds is 8. The lowest BCUT2D eigenvalue weighted by atomic mass is 10.2. The summed E-state index contributed by atoms with van der Waals surface area (Å²) < 4.78 is 38.6. The number of hydrogen-bond acceptors (Lipinski definition) is 7. The highest BCUT2D eigenvalue weighted by Gasteiger charge is 2.31. The van der Waals surface area contributed by atoms with Gasteiger partial charge < -0.3 is 14.4 Å². The van der Waals surface area contributed by atoms with Gasteiger partial charge >= 0.3 is 0 Å². The number of sulfonamides is 1. The second-order valence-electron chi connectivity index (χ2n) is 6.65. The molecule has 0 unspecified atom stereocenters. The molecular weight excluding hydrogens is 434 g/mol. The van der Waals surface area contributed by atoms with Gasteiger partial charge in [-0.2, -0.15) is 4.31 Å². The first kappa shape index (κ1) is 22.3. The van der Waals surface area contributed by atoms with Crippen molar-refractivity contribution in [3.8, 4) is 5.75 Å². The predicted octanol–water partition coefficient (Wildman–Crippen LogP) is 2.78. The van der Waals surface area contributed by atoms with Crippen LogP contribution in [0.3, 0.4) is 0 Å². The van der Waals surface area contributed by atoms with Crippen LogP contribution in [0, 0.1) is 10.1 Å². The number of anilines is 1. The molecule has 0 spiro atoms. The third kappa shape index (κ3) is 5.20. The van der Waals surface area contributed by atoms with Crippen LogP contribution in [-0.4, -0.2) is 64.1 Å². The molecule has 1 fully saturated rings. The van der Waals surface area contributed by atoms with Crippen molar-refractivity contribution in [1.82, 2.24) is 4.31 Å². The number of halogens is 1. The molecule has 162 valence electrons. The number of likely N-dealkylation sites (N-methyl/N-ethyl adjacent to an activating group) is 1. The number of nitro benzene ring substituents is 1. The van der Waals surface area contributed by atoms with E-state index in [4.69, 9.17) is 21.1 Å². The summed E-state index contributed by atoms with van der Waals surface area (Å²) in [6, 6.07) is 10.8. The van der Waals surface area contributed by atoms with E-state index in [1.54, 1.807) is 36.2 Å². The molecule has 1 aliphatic rings. The van der Waals surface area contributed by atoms with Gasteiger partial charge in [-0.3, -0.25) is 10.1 Å². The van der Waals surface area contributed by atoms with E-state index in [0.717, 1.165) is 6.07 Å². The highest BCUT2D eigenvalue weighted by atomic mass is 35.5. The average Bonchev–Trinajstić information content (AvgIpc) is 2.74. The van der Waals surface area contributed by atoms with Gasteiger partial charge in [0.2, 0.25) is 10.0 Å². The Morgan fingerprint density at radius 3 is 2.63 bits per heavy atom. The molecule has 0 amide bonds. The fraction of sp³-hybridized carbons (Fsp3) is 0.368. The third-order valence-corrected chi connectivity index (χ3v) is 6.81. The van der Waals surface area contributed by atoms with Crippen LogP contribution < -0.4 is 9.64 Å². The molecule has 3 rings (SSSR count). The number of benzene rings is 2. The number of morpholine rings is 1. The van der Waals surface area contributed by atoms with E-state index >= 15 is 0 Å². The lowest BCUT2D eigenvalue weighted by Gasteiger charge is -2.29. The molecule has 0 radical (unpaired) electrons. The van der Waals surface area contributed by atoms with Crippen LogP contribution in [0.4, 0.5) is 11.4 Å². The Bertz CT molecular complexity index is 1010. The molecule has 2 aromatic rings. The van der Waals surface area contributed by atoms with Crippen LogP contribution in [0.2, 0.25) is 5.02 Å². The minimum Gasteiger partial charge on any atom is -0.492 e. The minimum atomic E-state index is -3.93. The summed E-state index contributed by atoms with van der Waals surface area (Å²) in [5.41, 5.74) is 0.0796. The number of nitro groups is 1. The van der Waals surface area contributed by atoms with Gasteiger partial charge in [0.1, 0.15) is 17.3 Å². The summed E-state index contributed by atoms with van der Waals surface area (Å²) in [4.78, 5) is 12.2. The largest absolute Gasteiger partial charge is 0.492 e. The first-order chi connectivity index (χ1) is 14.3. The van der Waals surface area contributed by atoms with Crippen molar-refractivity contribution in [3.63, 3.8) is 0 Å². The fourth-order valence-electron chi connectivity index (χ4n) is 3.04. The van der Waals surface area contributed by atoms with Crippen molar-refractivity contribution in [1.29, 1.82) is 0 Å². The van der Waals surface area contributed by atoms with Crippen molar-refractivity contribution in [2.75, 3.05) is 51.4 Å². The molecule has 0 aromatic heterocycles. The molecule has 9 nitrogen and oxygen atoms in total. The normalized spacial score (nSPS) is 15.0. The van der Waals surface area contributed by atoms with E-state index in [1.165, 1.54) is 16.4 Å². The Hall–Kier alpha value is -2.40. The molecule has 0 bridgehead atoms. The predicted molar refractivity (Wildman–Crippen MR) is 113 cm³/mol. The summed E-state index contributed by atoms with van der Waals surface area (Å²) in [6.45, 7) is 1.60. The van der Waals surface area contributed by atoms with Crippen LogP contribution in [0.1, 0.15) is 0 Å². The minimum absolute atomic E-state index is 0.108. The molecule has 30 heavy (non-hydrogen) atoms. The van der Waals surface area contributed by atoms with Gasteiger partial charge in [0, 0.05) is 37.3 Å². The van der Waals surface area contributed by atoms with Crippen molar-refractivity contribution in [3.05, 3.63) is 57.6 Å². The molecule has 0 aliphatic carbocycles. The highest BCUT2D eigenvalue weighted by molar-refractivity contribution is 7.89. The summed E-state index contributed by atoms with van der Waals surface area (Å²) in [5.74, 6) is 0.598. The first-order valence-corrected chi connectivity index (χ1v) is 11.1. The van der Waals surface area contributed by atoms with E-state index in [2.05, 4.69) is 0 Å². The van der Waals surface area contributed by atoms with Crippen LogP contribution in [-0.2, 0) is 14.8 Å². The SMILES string of the molecule is CN(CCOc1cccc(Cl)c1)c1ccc([N+](=O)[O-])cc1S(=O)(=O)N1CCOCC1. The molecule has 0 N–H and O–H groups in total. The number of ether oxygens (including phenoxy) is 2. The van der Waals surface area contributed by atoms with Crippen molar-refractivity contribution >= 4 is 33.0 Å². The topological polar surface area (TPSA) is 102 Å². The Labute approximate surface area is 180 Å². The van der Waals surface area contributed by atoms with Gasteiger partial charge in [-0.05, 0) is 24.3 Å². The Kier molecular flexibility index (Phi) is 7.14.